The van der Waals surface area contributed by atoms with E-state index in [4.69, 9.17) is 33.0 Å². The Morgan fingerprint density at radius 1 is 1.35 bits per heavy atom. The normalized spacial score (nSPS) is 13.4. The quantitative estimate of drug-likeness (QED) is 0.845. The van der Waals surface area contributed by atoms with Crippen LogP contribution < -0.4 is 10.1 Å². The molecule has 0 radical (unpaired) electrons. The lowest BCUT2D eigenvalue weighted by Crippen LogP contribution is -2.39. The van der Waals surface area contributed by atoms with Crippen LogP contribution in [-0.2, 0) is 9.59 Å². The molecule has 110 valence electrons. The van der Waals surface area contributed by atoms with Gasteiger partial charge in [-0.2, -0.15) is 0 Å². The van der Waals surface area contributed by atoms with Crippen LogP contribution in [0.15, 0.2) is 18.2 Å². The van der Waals surface area contributed by atoms with Crippen molar-refractivity contribution in [2.45, 2.75) is 20.0 Å². The molecule has 0 aliphatic rings. The molecule has 0 aliphatic heterocycles. The number of carbonyl (C=O) groups excluding carboxylic acids is 1. The van der Waals surface area contributed by atoms with Gasteiger partial charge in [-0.15, -0.1) is 0 Å². The van der Waals surface area contributed by atoms with Crippen LogP contribution >= 0.6 is 23.2 Å². The van der Waals surface area contributed by atoms with Crippen LogP contribution in [-0.4, -0.2) is 29.6 Å². The van der Waals surface area contributed by atoms with Crippen LogP contribution in [0.5, 0.6) is 5.75 Å². The van der Waals surface area contributed by atoms with Gasteiger partial charge in [0, 0.05) is 6.54 Å². The fourth-order valence-corrected chi connectivity index (χ4v) is 1.64. The van der Waals surface area contributed by atoms with Crippen LogP contribution in [0.1, 0.15) is 13.8 Å². The highest BCUT2D eigenvalue weighted by atomic mass is 35.5. The summed E-state index contributed by atoms with van der Waals surface area (Å²) < 4.78 is 5.40. The van der Waals surface area contributed by atoms with Crippen LogP contribution in [0.4, 0.5) is 0 Å². The summed E-state index contributed by atoms with van der Waals surface area (Å²) in [5, 5.41) is 11.8. The Hall–Kier alpha value is -1.46. The fourth-order valence-electron chi connectivity index (χ4n) is 1.30. The number of aliphatic carboxylic acids is 1. The summed E-state index contributed by atoms with van der Waals surface area (Å²) in [7, 11) is 0. The molecule has 0 heterocycles. The van der Waals surface area contributed by atoms with Gasteiger partial charge in [0.15, 0.2) is 6.10 Å². The highest BCUT2D eigenvalue weighted by molar-refractivity contribution is 6.42. The van der Waals surface area contributed by atoms with Gasteiger partial charge >= 0.3 is 5.97 Å². The van der Waals surface area contributed by atoms with E-state index in [0.29, 0.717) is 10.8 Å². The van der Waals surface area contributed by atoms with E-state index >= 15 is 0 Å². The third kappa shape index (κ3) is 4.58. The highest BCUT2D eigenvalue weighted by Crippen LogP contribution is 2.32. The van der Waals surface area contributed by atoms with Gasteiger partial charge in [-0.1, -0.05) is 36.2 Å². The van der Waals surface area contributed by atoms with Crippen molar-refractivity contribution < 1.29 is 19.4 Å². The second-order valence-electron chi connectivity index (χ2n) is 4.30. The Bertz CT molecular complexity index is 507. The Labute approximate surface area is 126 Å². The van der Waals surface area contributed by atoms with Gasteiger partial charge < -0.3 is 15.2 Å². The Morgan fingerprint density at radius 3 is 2.60 bits per heavy atom. The molecule has 5 nitrogen and oxygen atoms in total. The van der Waals surface area contributed by atoms with Crippen LogP contribution in [0.3, 0.4) is 0 Å². The molecule has 0 spiro atoms. The number of carboxylic acid groups (broad SMARTS) is 1. The van der Waals surface area contributed by atoms with E-state index in [1.165, 1.54) is 13.8 Å². The van der Waals surface area contributed by atoms with Crippen molar-refractivity contribution in [2.75, 3.05) is 6.54 Å². The Kier molecular flexibility index (Phi) is 6.10. The predicted molar refractivity (Wildman–Crippen MR) is 76.4 cm³/mol. The minimum absolute atomic E-state index is 0.0329. The average molecular weight is 320 g/mol. The minimum atomic E-state index is -0.975. The van der Waals surface area contributed by atoms with Gasteiger partial charge in [-0.3, -0.25) is 9.59 Å². The summed E-state index contributed by atoms with van der Waals surface area (Å²) in [5.41, 5.74) is 0. The van der Waals surface area contributed by atoms with Crippen LogP contribution in [0.25, 0.3) is 0 Å². The van der Waals surface area contributed by atoms with Gasteiger partial charge in [0.25, 0.3) is 5.91 Å². The molecule has 2 atom stereocenters. The number of halogens is 2. The monoisotopic (exact) mass is 319 g/mol. The van der Waals surface area contributed by atoms with E-state index in [-0.39, 0.29) is 11.6 Å². The molecule has 0 bridgehead atoms. The maximum atomic E-state index is 11.8. The van der Waals surface area contributed by atoms with Crippen molar-refractivity contribution in [2.24, 2.45) is 5.92 Å². The second-order valence-corrected chi connectivity index (χ2v) is 5.08. The fraction of sp³-hybridized carbons (Fsp3) is 0.385. The maximum absolute atomic E-state index is 11.8. The van der Waals surface area contributed by atoms with E-state index in [1.807, 2.05) is 0 Å². The molecular formula is C13H15Cl2NO4. The molecule has 0 fully saturated rings. The number of carbonyl (C=O) groups is 2. The third-order valence-corrected chi connectivity index (χ3v) is 3.39. The van der Waals surface area contributed by atoms with Crippen LogP contribution in [0, 0.1) is 5.92 Å². The molecule has 20 heavy (non-hydrogen) atoms. The zero-order valence-electron chi connectivity index (χ0n) is 11.0. The first-order valence-electron chi connectivity index (χ1n) is 5.94. The zero-order valence-corrected chi connectivity index (χ0v) is 12.5. The SMILES string of the molecule is CC(CNC(=O)C(C)Oc1cccc(Cl)c1Cl)C(=O)O. The van der Waals surface area contributed by atoms with Crippen molar-refractivity contribution in [3.05, 3.63) is 28.2 Å². The molecular weight excluding hydrogens is 305 g/mol. The van der Waals surface area contributed by atoms with E-state index < -0.39 is 23.9 Å². The van der Waals surface area contributed by atoms with Gasteiger partial charge in [-0.25, -0.2) is 0 Å². The number of rotatable bonds is 6. The molecule has 0 aliphatic carbocycles. The predicted octanol–water partition coefficient (Wildman–Crippen LogP) is 2.60. The number of benzene rings is 1. The smallest absolute Gasteiger partial charge is 0.308 e. The molecule has 2 unspecified atom stereocenters. The molecule has 0 saturated carbocycles. The molecule has 7 heteroatoms. The number of hydrogen-bond donors (Lipinski definition) is 2. The van der Waals surface area contributed by atoms with Gasteiger partial charge in [0.1, 0.15) is 10.8 Å². The summed E-state index contributed by atoms with van der Waals surface area (Å²) in [6.07, 6.45) is -0.813. The van der Waals surface area contributed by atoms with Gasteiger partial charge in [-0.05, 0) is 19.1 Å². The topological polar surface area (TPSA) is 75.6 Å². The summed E-state index contributed by atoms with van der Waals surface area (Å²) in [4.78, 5) is 22.4. The van der Waals surface area contributed by atoms with Gasteiger partial charge in [0.2, 0.25) is 0 Å². The first-order chi connectivity index (χ1) is 9.32. The largest absolute Gasteiger partial charge is 0.481 e. The van der Waals surface area contributed by atoms with Crippen molar-refractivity contribution in [3.63, 3.8) is 0 Å². The number of hydrogen-bond acceptors (Lipinski definition) is 3. The maximum Gasteiger partial charge on any atom is 0.308 e. The summed E-state index contributed by atoms with van der Waals surface area (Å²) in [5.74, 6) is -1.76. The second kappa shape index (κ2) is 7.36. The number of nitrogens with one attached hydrogen (secondary N) is 1. The standard InChI is InChI=1S/C13H15Cl2NO4/c1-7(13(18)19)6-16-12(17)8(2)20-10-5-3-4-9(14)11(10)15/h3-5,7-8H,6H2,1-2H3,(H,16,17)(H,18,19). The number of amides is 1. The first-order valence-corrected chi connectivity index (χ1v) is 6.69. The van der Waals surface area contributed by atoms with Crippen molar-refractivity contribution in [1.29, 1.82) is 0 Å². The summed E-state index contributed by atoms with van der Waals surface area (Å²) >= 11 is 11.8. The Balaban J connectivity index is 2.58. The van der Waals surface area contributed by atoms with E-state index in [1.54, 1.807) is 18.2 Å². The molecule has 2 N–H and O–H groups in total. The van der Waals surface area contributed by atoms with Crippen LogP contribution in [0.2, 0.25) is 10.0 Å². The summed E-state index contributed by atoms with van der Waals surface area (Å²) in [6, 6.07) is 4.86. The van der Waals surface area contributed by atoms with E-state index in [2.05, 4.69) is 5.32 Å². The molecule has 1 aromatic rings. The van der Waals surface area contributed by atoms with E-state index in [9.17, 15) is 9.59 Å². The zero-order chi connectivity index (χ0) is 15.3. The van der Waals surface area contributed by atoms with E-state index in [0.717, 1.165) is 0 Å². The lowest BCUT2D eigenvalue weighted by Gasteiger charge is -2.16. The molecule has 0 aromatic heterocycles. The van der Waals surface area contributed by atoms with Crippen molar-refractivity contribution in [3.8, 4) is 5.75 Å². The van der Waals surface area contributed by atoms with Gasteiger partial charge in [0.05, 0.1) is 10.9 Å². The highest BCUT2D eigenvalue weighted by Gasteiger charge is 2.19. The average Bonchev–Trinajstić information content (AvgIpc) is 2.40. The molecule has 1 amide bonds. The first kappa shape index (κ1) is 16.6. The summed E-state index contributed by atoms with van der Waals surface area (Å²) in [6.45, 7) is 3.07. The minimum Gasteiger partial charge on any atom is -0.481 e. The lowest BCUT2D eigenvalue weighted by atomic mass is 10.2. The molecule has 1 aromatic carbocycles. The third-order valence-electron chi connectivity index (χ3n) is 2.59. The number of carboxylic acids is 1. The Morgan fingerprint density at radius 2 is 2.00 bits per heavy atom. The molecule has 0 saturated heterocycles. The number of ether oxygens (including phenoxy) is 1. The van der Waals surface area contributed by atoms with Crippen molar-refractivity contribution in [1.82, 2.24) is 5.32 Å². The van der Waals surface area contributed by atoms with Crippen molar-refractivity contribution >= 4 is 35.1 Å². The lowest BCUT2D eigenvalue weighted by molar-refractivity contribution is -0.141. The molecule has 1 rings (SSSR count).